The third-order valence-electron chi connectivity index (χ3n) is 3.17. The van der Waals surface area contributed by atoms with E-state index in [9.17, 15) is 0 Å². The molecule has 4 nitrogen and oxygen atoms in total. The third-order valence-corrected chi connectivity index (χ3v) is 4.24. The van der Waals surface area contributed by atoms with E-state index >= 15 is 0 Å². The molecule has 2 aromatic rings. The molecule has 1 unspecified atom stereocenters. The summed E-state index contributed by atoms with van der Waals surface area (Å²) in [7, 11) is 0. The van der Waals surface area contributed by atoms with E-state index in [0.717, 1.165) is 22.0 Å². The Balaban J connectivity index is 1.85. The molecule has 1 aliphatic rings. The summed E-state index contributed by atoms with van der Waals surface area (Å²) in [5.41, 5.74) is 0.788. The Bertz CT molecular complexity index is 455. The molecule has 1 saturated heterocycles. The van der Waals surface area contributed by atoms with Crippen LogP contribution in [0.5, 0.6) is 0 Å². The van der Waals surface area contributed by atoms with Crippen molar-refractivity contribution in [2.24, 2.45) is 0 Å². The maximum Gasteiger partial charge on any atom is 0.189 e. The van der Waals surface area contributed by atoms with Gasteiger partial charge in [-0.3, -0.25) is 0 Å². The Hall–Kier alpha value is -1.07. The van der Waals surface area contributed by atoms with Crippen molar-refractivity contribution in [2.45, 2.75) is 38.1 Å². The van der Waals surface area contributed by atoms with Crippen molar-refractivity contribution < 1.29 is 0 Å². The fraction of sp³-hybridized carbons (Fsp3) is 0.583. The fourth-order valence-corrected chi connectivity index (χ4v) is 3.23. The van der Waals surface area contributed by atoms with Crippen molar-refractivity contribution in [3.8, 4) is 0 Å². The summed E-state index contributed by atoms with van der Waals surface area (Å²) in [6, 6.07) is 0.399. The molecule has 0 saturated carbocycles. The predicted molar refractivity (Wildman–Crippen MR) is 69.0 cm³/mol. The molecule has 3 heterocycles. The Morgan fingerprint density at radius 2 is 2.00 bits per heavy atom. The lowest BCUT2D eigenvalue weighted by atomic mass is 10.0. The van der Waals surface area contributed by atoms with E-state index in [1.807, 2.05) is 0 Å². The van der Waals surface area contributed by atoms with Crippen molar-refractivity contribution in [3.05, 3.63) is 17.4 Å². The van der Waals surface area contributed by atoms with Crippen LogP contribution in [-0.4, -0.2) is 21.5 Å². The minimum atomic E-state index is 0.399. The van der Waals surface area contributed by atoms with Gasteiger partial charge in [0.05, 0.1) is 6.04 Å². The first-order chi connectivity index (χ1) is 8.43. The van der Waals surface area contributed by atoms with E-state index in [2.05, 4.69) is 20.3 Å². The molecule has 0 spiro atoms. The Kier molecular flexibility index (Phi) is 3.29. The molecule has 0 radical (unpaired) electrons. The molecular weight excluding hydrogens is 232 g/mol. The number of fused-ring (bicyclic) bond motifs is 1. The maximum absolute atomic E-state index is 4.59. The summed E-state index contributed by atoms with van der Waals surface area (Å²) >= 11 is 1.67. The van der Waals surface area contributed by atoms with E-state index in [4.69, 9.17) is 0 Å². The van der Waals surface area contributed by atoms with Gasteiger partial charge in [-0.25, -0.2) is 15.0 Å². The summed E-state index contributed by atoms with van der Waals surface area (Å²) in [6.07, 6.45) is 9.88. The van der Waals surface area contributed by atoms with Crippen LogP contribution in [-0.2, 0) is 0 Å². The molecular formula is C12H16N4S. The molecule has 5 heteroatoms. The Morgan fingerprint density at radius 3 is 2.94 bits per heavy atom. The summed E-state index contributed by atoms with van der Waals surface area (Å²) in [5, 5.41) is 4.74. The number of thiazole rings is 1. The number of nitrogens with one attached hydrogen (secondary N) is 1. The monoisotopic (exact) mass is 248 g/mol. The smallest absolute Gasteiger partial charge is 0.189 e. The minimum Gasteiger partial charge on any atom is -0.308 e. The molecule has 1 N–H and O–H groups in total. The summed E-state index contributed by atoms with van der Waals surface area (Å²) in [5.74, 6) is 0. The second-order valence-corrected chi connectivity index (χ2v) is 5.46. The highest BCUT2D eigenvalue weighted by Crippen LogP contribution is 2.28. The van der Waals surface area contributed by atoms with Gasteiger partial charge < -0.3 is 5.32 Å². The van der Waals surface area contributed by atoms with Gasteiger partial charge in [-0.15, -0.1) is 0 Å². The highest BCUT2D eigenvalue weighted by molar-refractivity contribution is 7.18. The molecule has 2 aromatic heterocycles. The number of nitrogens with zero attached hydrogens (tertiary/aromatic N) is 3. The van der Waals surface area contributed by atoms with Crippen LogP contribution >= 0.6 is 11.3 Å². The fourth-order valence-electron chi connectivity index (χ4n) is 2.26. The van der Waals surface area contributed by atoms with Crippen LogP contribution in [0.15, 0.2) is 12.4 Å². The molecule has 1 aliphatic heterocycles. The Labute approximate surface area is 105 Å². The first kappa shape index (κ1) is 11.0. The van der Waals surface area contributed by atoms with Gasteiger partial charge >= 0.3 is 0 Å². The summed E-state index contributed by atoms with van der Waals surface area (Å²) in [4.78, 5) is 14.1. The minimum absolute atomic E-state index is 0.399. The van der Waals surface area contributed by atoms with Gasteiger partial charge in [-0.2, -0.15) is 0 Å². The maximum atomic E-state index is 4.59. The topological polar surface area (TPSA) is 50.7 Å². The summed E-state index contributed by atoms with van der Waals surface area (Å²) < 4.78 is 0. The van der Waals surface area contributed by atoms with Gasteiger partial charge in [0.1, 0.15) is 5.01 Å². The van der Waals surface area contributed by atoms with Crippen LogP contribution < -0.4 is 5.32 Å². The van der Waals surface area contributed by atoms with Gasteiger partial charge in [0.2, 0.25) is 0 Å². The standard InChI is InChI=1S/C12H16N4S/c1-2-4-6-13-9(5-3-1)11-16-10-12(17-11)15-8-7-14-10/h7-9,13H,1-6H2. The van der Waals surface area contributed by atoms with Gasteiger partial charge in [-0.1, -0.05) is 30.6 Å². The molecule has 0 bridgehead atoms. The molecule has 1 fully saturated rings. The van der Waals surface area contributed by atoms with Crippen LogP contribution in [0.25, 0.3) is 10.5 Å². The zero-order valence-corrected chi connectivity index (χ0v) is 10.5. The summed E-state index contributed by atoms with van der Waals surface area (Å²) in [6.45, 7) is 1.10. The van der Waals surface area contributed by atoms with Crippen LogP contribution in [0.4, 0.5) is 0 Å². The SMILES string of the molecule is c1cnc2sc(C3CCCCCCN3)nc2n1. The molecule has 90 valence electrons. The van der Waals surface area contributed by atoms with E-state index in [1.54, 1.807) is 23.7 Å². The normalized spacial score (nSPS) is 22.2. The van der Waals surface area contributed by atoms with Crippen molar-refractivity contribution in [3.63, 3.8) is 0 Å². The van der Waals surface area contributed by atoms with E-state index in [1.165, 1.54) is 32.1 Å². The lowest BCUT2D eigenvalue weighted by Crippen LogP contribution is -2.23. The molecule has 3 rings (SSSR count). The van der Waals surface area contributed by atoms with E-state index in [0.29, 0.717) is 6.04 Å². The first-order valence-electron chi connectivity index (χ1n) is 6.24. The van der Waals surface area contributed by atoms with E-state index < -0.39 is 0 Å². The van der Waals surface area contributed by atoms with Crippen LogP contribution in [0, 0.1) is 0 Å². The quantitative estimate of drug-likeness (QED) is 0.843. The zero-order valence-electron chi connectivity index (χ0n) is 9.72. The van der Waals surface area contributed by atoms with Gasteiger partial charge in [-0.05, 0) is 19.4 Å². The van der Waals surface area contributed by atoms with Crippen molar-refractivity contribution >= 4 is 21.8 Å². The molecule has 0 aliphatic carbocycles. The van der Waals surface area contributed by atoms with Crippen molar-refractivity contribution in [1.29, 1.82) is 0 Å². The number of hydrogen-bond acceptors (Lipinski definition) is 5. The van der Waals surface area contributed by atoms with Gasteiger partial charge in [0.15, 0.2) is 10.5 Å². The lowest BCUT2D eigenvalue weighted by molar-refractivity contribution is 0.426. The second-order valence-electron chi connectivity index (χ2n) is 4.45. The van der Waals surface area contributed by atoms with E-state index in [-0.39, 0.29) is 0 Å². The highest BCUT2D eigenvalue weighted by atomic mass is 32.1. The second kappa shape index (κ2) is 5.06. The van der Waals surface area contributed by atoms with Crippen molar-refractivity contribution in [1.82, 2.24) is 20.3 Å². The molecule has 17 heavy (non-hydrogen) atoms. The van der Waals surface area contributed by atoms with Gasteiger partial charge in [0, 0.05) is 12.4 Å². The Morgan fingerprint density at radius 1 is 1.12 bits per heavy atom. The average molecular weight is 248 g/mol. The number of hydrogen-bond donors (Lipinski definition) is 1. The van der Waals surface area contributed by atoms with Crippen LogP contribution in [0.1, 0.15) is 43.2 Å². The average Bonchev–Trinajstić information content (AvgIpc) is 2.71. The first-order valence-corrected chi connectivity index (χ1v) is 7.06. The van der Waals surface area contributed by atoms with Gasteiger partial charge in [0.25, 0.3) is 0 Å². The molecule has 1 atom stereocenters. The van der Waals surface area contributed by atoms with Crippen LogP contribution in [0.3, 0.4) is 0 Å². The number of aromatic nitrogens is 3. The van der Waals surface area contributed by atoms with Crippen molar-refractivity contribution in [2.75, 3.05) is 6.54 Å². The largest absolute Gasteiger partial charge is 0.308 e. The molecule has 0 amide bonds. The zero-order chi connectivity index (χ0) is 11.5. The molecule has 0 aromatic carbocycles. The predicted octanol–water partition coefficient (Wildman–Crippen LogP) is 2.68. The lowest BCUT2D eigenvalue weighted by Gasteiger charge is -2.18. The van der Waals surface area contributed by atoms with Crippen LogP contribution in [0.2, 0.25) is 0 Å². The third kappa shape index (κ3) is 2.45. The highest BCUT2D eigenvalue weighted by Gasteiger charge is 2.17. The number of rotatable bonds is 1.